The van der Waals surface area contributed by atoms with Crippen molar-refractivity contribution in [2.45, 2.75) is 31.0 Å². The van der Waals surface area contributed by atoms with Gasteiger partial charge in [0.2, 0.25) is 0 Å². The number of rotatable bonds is 1. The van der Waals surface area contributed by atoms with Crippen LogP contribution in [0.25, 0.3) is 0 Å². The SMILES string of the molecule is CN1C[C@H]2C[C@@H]1CN2[C@H]1CCNC1.Cl.Cl.Cl. The molecule has 98 valence electrons. The quantitative estimate of drug-likeness (QED) is 0.777. The summed E-state index contributed by atoms with van der Waals surface area (Å²) in [6.45, 7) is 5.09. The molecule has 0 aromatic heterocycles. The molecule has 3 nitrogen and oxygen atoms in total. The monoisotopic (exact) mass is 289 g/mol. The van der Waals surface area contributed by atoms with E-state index in [1.807, 2.05) is 0 Å². The fraction of sp³-hybridized carbons (Fsp3) is 1.00. The third-order valence-electron chi connectivity index (χ3n) is 4.06. The normalized spacial score (nSPS) is 37.7. The molecule has 0 aromatic carbocycles. The Labute approximate surface area is 117 Å². The zero-order chi connectivity index (χ0) is 8.84. The van der Waals surface area contributed by atoms with E-state index in [1.54, 1.807) is 0 Å². The van der Waals surface area contributed by atoms with E-state index in [4.69, 9.17) is 0 Å². The second-order valence-electron chi connectivity index (χ2n) is 4.83. The van der Waals surface area contributed by atoms with Crippen molar-refractivity contribution in [2.75, 3.05) is 33.2 Å². The first-order valence-corrected chi connectivity index (χ1v) is 5.51. The average Bonchev–Trinajstić information content (AvgIpc) is 2.75. The molecule has 3 atom stereocenters. The van der Waals surface area contributed by atoms with Gasteiger partial charge in [0.15, 0.2) is 0 Å². The van der Waals surface area contributed by atoms with E-state index in [-0.39, 0.29) is 37.2 Å². The van der Waals surface area contributed by atoms with Crippen molar-refractivity contribution < 1.29 is 0 Å². The van der Waals surface area contributed by atoms with Gasteiger partial charge in [-0.15, -0.1) is 37.2 Å². The number of nitrogens with zero attached hydrogens (tertiary/aromatic N) is 2. The smallest absolute Gasteiger partial charge is 0.0242 e. The van der Waals surface area contributed by atoms with Crippen LogP contribution < -0.4 is 5.32 Å². The molecule has 0 unspecified atom stereocenters. The highest BCUT2D eigenvalue weighted by atomic mass is 35.5. The van der Waals surface area contributed by atoms with Gasteiger partial charge in [0.1, 0.15) is 0 Å². The van der Waals surface area contributed by atoms with Gasteiger partial charge in [-0.3, -0.25) is 4.90 Å². The first-order chi connectivity index (χ1) is 6.34. The van der Waals surface area contributed by atoms with Crippen LogP contribution in [0.15, 0.2) is 0 Å². The lowest BCUT2D eigenvalue weighted by atomic mass is 10.2. The zero-order valence-electron chi connectivity index (χ0n) is 9.59. The number of likely N-dealkylation sites (N-methyl/N-ethyl adjacent to an activating group) is 1. The van der Waals surface area contributed by atoms with Crippen molar-refractivity contribution in [1.82, 2.24) is 15.1 Å². The van der Waals surface area contributed by atoms with E-state index < -0.39 is 0 Å². The molecule has 3 saturated heterocycles. The van der Waals surface area contributed by atoms with Crippen molar-refractivity contribution in [2.24, 2.45) is 0 Å². The summed E-state index contributed by atoms with van der Waals surface area (Å²) < 4.78 is 0. The molecule has 1 N–H and O–H groups in total. The van der Waals surface area contributed by atoms with Crippen LogP contribution in [-0.2, 0) is 0 Å². The van der Waals surface area contributed by atoms with Crippen molar-refractivity contribution >= 4 is 37.2 Å². The lowest BCUT2D eigenvalue weighted by Gasteiger charge is -2.35. The highest BCUT2D eigenvalue weighted by Gasteiger charge is 2.44. The summed E-state index contributed by atoms with van der Waals surface area (Å²) in [5.74, 6) is 0. The maximum Gasteiger partial charge on any atom is 0.0242 e. The third-order valence-corrected chi connectivity index (χ3v) is 4.06. The molecule has 0 aliphatic carbocycles. The largest absolute Gasteiger partial charge is 0.315 e. The van der Waals surface area contributed by atoms with Gasteiger partial charge in [0.25, 0.3) is 0 Å². The number of fused-ring (bicyclic) bond motifs is 2. The minimum atomic E-state index is 0. The fourth-order valence-electron chi connectivity index (χ4n) is 3.27. The second kappa shape index (κ2) is 6.62. The first-order valence-electron chi connectivity index (χ1n) is 5.51. The van der Waals surface area contributed by atoms with Crippen molar-refractivity contribution in [3.8, 4) is 0 Å². The summed E-state index contributed by atoms with van der Waals surface area (Å²) >= 11 is 0. The number of nitrogens with one attached hydrogen (secondary N) is 1. The Morgan fingerprint density at radius 2 is 1.75 bits per heavy atom. The first kappa shape index (κ1) is 16.8. The molecule has 3 fully saturated rings. The van der Waals surface area contributed by atoms with E-state index in [2.05, 4.69) is 22.2 Å². The Balaban J connectivity index is 0.000000750. The zero-order valence-corrected chi connectivity index (χ0v) is 12.0. The molecular weight excluding hydrogens is 268 g/mol. The minimum absolute atomic E-state index is 0. The molecule has 16 heavy (non-hydrogen) atoms. The summed E-state index contributed by atoms with van der Waals surface area (Å²) in [6, 6.07) is 2.59. The molecule has 0 radical (unpaired) electrons. The second-order valence-corrected chi connectivity index (χ2v) is 4.83. The molecule has 3 aliphatic heterocycles. The summed E-state index contributed by atoms with van der Waals surface area (Å²) in [6.07, 6.45) is 2.79. The van der Waals surface area contributed by atoms with E-state index in [0.29, 0.717) is 0 Å². The Hall–Kier alpha value is 0.750. The van der Waals surface area contributed by atoms with E-state index >= 15 is 0 Å². The number of likely N-dealkylation sites (tertiary alicyclic amines) is 2. The van der Waals surface area contributed by atoms with Crippen LogP contribution in [0.3, 0.4) is 0 Å². The third kappa shape index (κ3) is 2.77. The summed E-state index contributed by atoms with van der Waals surface area (Å²) in [5, 5.41) is 3.46. The molecular formula is C10H22Cl3N3. The van der Waals surface area contributed by atoms with Gasteiger partial charge in [-0.05, 0) is 26.4 Å². The van der Waals surface area contributed by atoms with Gasteiger partial charge in [-0.2, -0.15) is 0 Å². The van der Waals surface area contributed by atoms with E-state index in [0.717, 1.165) is 18.1 Å². The highest BCUT2D eigenvalue weighted by molar-refractivity contribution is 5.86. The standard InChI is InChI=1S/C10H19N3.3ClH/c1-12-6-10-4-9(12)7-13(10)8-2-3-11-5-8;;;/h8-11H,2-7H2,1H3;3*1H/t8-,9+,10+;;;/m0.../s1. The van der Waals surface area contributed by atoms with Gasteiger partial charge in [0.05, 0.1) is 0 Å². The van der Waals surface area contributed by atoms with Crippen LogP contribution in [-0.4, -0.2) is 61.2 Å². The number of hydrogen-bond donors (Lipinski definition) is 1. The van der Waals surface area contributed by atoms with Gasteiger partial charge in [-0.1, -0.05) is 0 Å². The summed E-state index contributed by atoms with van der Waals surface area (Å²) in [7, 11) is 2.27. The number of piperazine rings is 1. The van der Waals surface area contributed by atoms with Crippen molar-refractivity contribution in [3.05, 3.63) is 0 Å². The van der Waals surface area contributed by atoms with Crippen LogP contribution in [0.4, 0.5) is 0 Å². The molecule has 6 heteroatoms. The maximum atomic E-state index is 3.46. The van der Waals surface area contributed by atoms with Crippen molar-refractivity contribution in [3.63, 3.8) is 0 Å². The Morgan fingerprint density at radius 1 is 1.00 bits per heavy atom. The molecule has 0 spiro atoms. The van der Waals surface area contributed by atoms with Gasteiger partial charge in [0, 0.05) is 37.8 Å². The molecule has 0 aromatic rings. The molecule has 0 amide bonds. The highest BCUT2D eigenvalue weighted by Crippen LogP contribution is 2.31. The summed E-state index contributed by atoms with van der Waals surface area (Å²) in [5.41, 5.74) is 0. The van der Waals surface area contributed by atoms with Gasteiger partial charge >= 0.3 is 0 Å². The van der Waals surface area contributed by atoms with Gasteiger partial charge < -0.3 is 10.2 Å². The topological polar surface area (TPSA) is 18.5 Å². The minimum Gasteiger partial charge on any atom is -0.315 e. The predicted molar refractivity (Wildman–Crippen MR) is 74.5 cm³/mol. The fourth-order valence-corrected chi connectivity index (χ4v) is 3.27. The molecule has 3 rings (SSSR count). The van der Waals surface area contributed by atoms with Crippen LogP contribution in [0.1, 0.15) is 12.8 Å². The van der Waals surface area contributed by atoms with Crippen LogP contribution in [0.2, 0.25) is 0 Å². The Morgan fingerprint density at radius 3 is 2.19 bits per heavy atom. The summed E-state index contributed by atoms with van der Waals surface area (Å²) in [4.78, 5) is 5.29. The van der Waals surface area contributed by atoms with E-state index in [1.165, 1.54) is 39.0 Å². The lowest BCUT2D eigenvalue weighted by Crippen LogP contribution is -2.49. The van der Waals surface area contributed by atoms with Crippen LogP contribution >= 0.6 is 37.2 Å². The average molecular weight is 291 g/mol. The molecule has 3 heterocycles. The lowest BCUT2D eigenvalue weighted by molar-refractivity contribution is 0.114. The Bertz CT molecular complexity index is 209. The number of halogens is 3. The van der Waals surface area contributed by atoms with Gasteiger partial charge in [-0.25, -0.2) is 0 Å². The van der Waals surface area contributed by atoms with Crippen LogP contribution in [0, 0.1) is 0 Å². The maximum absolute atomic E-state index is 3.46. The van der Waals surface area contributed by atoms with Crippen LogP contribution in [0.5, 0.6) is 0 Å². The van der Waals surface area contributed by atoms with Crippen molar-refractivity contribution in [1.29, 1.82) is 0 Å². The van der Waals surface area contributed by atoms with E-state index in [9.17, 15) is 0 Å². The Kier molecular flexibility index (Phi) is 6.93. The predicted octanol–water partition coefficient (Wildman–Crippen LogP) is 1.00. The molecule has 3 aliphatic rings. The molecule has 2 bridgehead atoms. The number of hydrogen-bond acceptors (Lipinski definition) is 3. The molecule has 0 saturated carbocycles.